The van der Waals surface area contributed by atoms with Gasteiger partial charge in [0, 0.05) is 32.5 Å². The first-order valence-corrected chi connectivity index (χ1v) is 10.3. The van der Waals surface area contributed by atoms with Crippen LogP contribution < -0.4 is 5.32 Å². The van der Waals surface area contributed by atoms with E-state index < -0.39 is 0 Å². The Morgan fingerprint density at radius 3 is 2.48 bits per heavy atom. The molecular weight excluding hydrogens is 312 g/mol. The Morgan fingerprint density at radius 2 is 1.76 bits per heavy atom. The number of amides is 2. The molecule has 0 bridgehead atoms. The summed E-state index contributed by atoms with van der Waals surface area (Å²) in [4.78, 5) is 25.9. The third-order valence-electron chi connectivity index (χ3n) is 8.93. The minimum Gasteiger partial charge on any atom is -0.353 e. The van der Waals surface area contributed by atoms with Gasteiger partial charge in [-0.25, -0.2) is 0 Å². The predicted molar refractivity (Wildman–Crippen MR) is 97.8 cm³/mol. The van der Waals surface area contributed by atoms with Gasteiger partial charge in [-0.3, -0.25) is 9.59 Å². The Balaban J connectivity index is 1.60. The van der Waals surface area contributed by atoms with E-state index in [0.717, 1.165) is 43.4 Å². The average Bonchev–Trinajstić information content (AvgIpc) is 2.88. The number of fused-ring (bicyclic) bond motifs is 5. The molecule has 0 aromatic heterocycles. The molecule has 0 radical (unpaired) electrons. The molecule has 0 aromatic carbocycles. The molecule has 4 aliphatic rings. The molecule has 4 fully saturated rings. The number of hydrogen-bond donors (Lipinski definition) is 1. The minimum absolute atomic E-state index is 0.122. The molecule has 2 amide bonds. The van der Waals surface area contributed by atoms with E-state index in [0.29, 0.717) is 23.4 Å². The van der Waals surface area contributed by atoms with Crippen LogP contribution in [0.3, 0.4) is 0 Å². The highest BCUT2D eigenvalue weighted by Gasteiger charge is 2.61. The van der Waals surface area contributed by atoms with Crippen LogP contribution in [0.5, 0.6) is 0 Å². The first-order valence-electron chi connectivity index (χ1n) is 10.3. The van der Waals surface area contributed by atoms with E-state index in [2.05, 4.69) is 24.1 Å². The summed E-state index contributed by atoms with van der Waals surface area (Å²) in [6.07, 6.45) is 9.11. The Morgan fingerprint density at radius 1 is 1.04 bits per heavy atom. The molecule has 3 aliphatic carbocycles. The molecular formula is C21H34N2O2. The van der Waals surface area contributed by atoms with E-state index in [9.17, 15) is 9.59 Å². The second-order valence-corrected chi connectivity index (χ2v) is 9.86. The molecule has 7 atom stereocenters. The lowest BCUT2D eigenvalue weighted by Gasteiger charge is -2.61. The molecule has 2 unspecified atom stereocenters. The van der Waals surface area contributed by atoms with E-state index >= 15 is 0 Å². The van der Waals surface area contributed by atoms with Gasteiger partial charge in [-0.1, -0.05) is 13.8 Å². The fraction of sp³-hybridized carbons (Fsp3) is 0.905. The van der Waals surface area contributed by atoms with Crippen molar-refractivity contribution >= 4 is 11.8 Å². The molecule has 1 N–H and O–H groups in total. The number of hydrogen-bond acceptors (Lipinski definition) is 2. The first kappa shape index (κ1) is 17.4. The zero-order valence-electron chi connectivity index (χ0n) is 16.3. The van der Waals surface area contributed by atoms with Crippen molar-refractivity contribution in [1.29, 1.82) is 0 Å². The highest BCUT2D eigenvalue weighted by molar-refractivity contribution is 5.77. The van der Waals surface area contributed by atoms with Crippen molar-refractivity contribution in [2.45, 2.75) is 84.2 Å². The van der Waals surface area contributed by atoms with Crippen molar-refractivity contribution in [1.82, 2.24) is 10.2 Å². The number of nitrogens with zero attached hydrogens (tertiary/aromatic N) is 1. The fourth-order valence-corrected chi connectivity index (χ4v) is 7.63. The zero-order valence-corrected chi connectivity index (χ0v) is 16.3. The van der Waals surface area contributed by atoms with Crippen LogP contribution in [-0.2, 0) is 9.59 Å². The van der Waals surface area contributed by atoms with Crippen LogP contribution >= 0.6 is 0 Å². The van der Waals surface area contributed by atoms with Crippen molar-refractivity contribution in [3.8, 4) is 0 Å². The summed E-state index contributed by atoms with van der Waals surface area (Å²) in [6.45, 7) is 6.57. The Bertz CT molecular complexity index is 590. The second kappa shape index (κ2) is 5.72. The molecule has 1 aliphatic heterocycles. The van der Waals surface area contributed by atoms with Gasteiger partial charge in [-0.2, -0.15) is 0 Å². The van der Waals surface area contributed by atoms with Crippen LogP contribution in [0, 0.1) is 28.6 Å². The fourth-order valence-electron chi connectivity index (χ4n) is 7.63. The van der Waals surface area contributed by atoms with Gasteiger partial charge in [-0.15, -0.1) is 0 Å². The lowest BCUT2D eigenvalue weighted by atomic mass is 9.47. The van der Waals surface area contributed by atoms with Gasteiger partial charge in [0.2, 0.25) is 11.8 Å². The van der Waals surface area contributed by atoms with Crippen molar-refractivity contribution < 1.29 is 9.59 Å². The number of likely N-dealkylation sites (tertiary alicyclic amines) is 1. The van der Waals surface area contributed by atoms with Gasteiger partial charge in [0.1, 0.15) is 0 Å². The van der Waals surface area contributed by atoms with Gasteiger partial charge in [0.25, 0.3) is 0 Å². The van der Waals surface area contributed by atoms with Crippen LogP contribution in [0.4, 0.5) is 0 Å². The summed E-state index contributed by atoms with van der Waals surface area (Å²) in [5.41, 5.74) is 0.561. The van der Waals surface area contributed by atoms with Crippen molar-refractivity contribution in [3.05, 3.63) is 0 Å². The molecule has 4 nitrogen and oxygen atoms in total. The standard InChI is InChI=1S/C21H34N2O2/c1-13(24)22-17-7-6-15-14-5-8-18-21(3,12-10-19(25)23(18)4)16(14)9-11-20(15,17)2/h14-18H,5-12H2,1-4H3,(H,22,24)/t14-,15-,16+,17?,18?,20-,21+/m0/s1. The smallest absolute Gasteiger partial charge is 0.222 e. The van der Waals surface area contributed by atoms with E-state index in [1.165, 1.54) is 25.7 Å². The molecule has 25 heavy (non-hydrogen) atoms. The van der Waals surface area contributed by atoms with Crippen LogP contribution in [0.1, 0.15) is 72.1 Å². The number of rotatable bonds is 1. The van der Waals surface area contributed by atoms with E-state index in [1.807, 2.05) is 7.05 Å². The second-order valence-electron chi connectivity index (χ2n) is 9.86. The molecule has 4 heteroatoms. The van der Waals surface area contributed by atoms with Gasteiger partial charge < -0.3 is 10.2 Å². The summed E-state index contributed by atoms with van der Waals surface area (Å²) in [5, 5.41) is 3.26. The predicted octanol–water partition coefficient (Wildman–Crippen LogP) is 3.35. The molecule has 4 rings (SSSR count). The molecule has 3 saturated carbocycles. The Kier molecular flexibility index (Phi) is 3.97. The summed E-state index contributed by atoms with van der Waals surface area (Å²) >= 11 is 0. The van der Waals surface area contributed by atoms with E-state index in [4.69, 9.17) is 0 Å². The van der Waals surface area contributed by atoms with Gasteiger partial charge in [0.15, 0.2) is 0 Å². The van der Waals surface area contributed by atoms with Gasteiger partial charge in [-0.05, 0) is 73.5 Å². The number of piperidine rings is 1. The Hall–Kier alpha value is -1.06. The number of nitrogens with one attached hydrogen (secondary N) is 1. The van der Waals surface area contributed by atoms with Crippen molar-refractivity contribution in [3.63, 3.8) is 0 Å². The lowest BCUT2D eigenvalue weighted by molar-refractivity contribution is -0.157. The van der Waals surface area contributed by atoms with Crippen LogP contribution in [0.2, 0.25) is 0 Å². The third kappa shape index (κ3) is 2.39. The monoisotopic (exact) mass is 346 g/mol. The third-order valence-corrected chi connectivity index (χ3v) is 8.93. The van der Waals surface area contributed by atoms with E-state index in [1.54, 1.807) is 6.92 Å². The molecule has 0 aromatic rings. The van der Waals surface area contributed by atoms with Crippen molar-refractivity contribution in [2.24, 2.45) is 28.6 Å². The number of carbonyl (C=O) groups is 2. The molecule has 140 valence electrons. The molecule has 1 saturated heterocycles. The zero-order chi connectivity index (χ0) is 18.0. The molecule has 1 heterocycles. The van der Waals surface area contributed by atoms with E-state index in [-0.39, 0.29) is 11.3 Å². The lowest BCUT2D eigenvalue weighted by Crippen LogP contribution is -2.62. The maximum absolute atomic E-state index is 12.2. The SMILES string of the molecule is CC(=O)NC1CC[C@H]2[C@@H]3CCC4N(C)C(=O)CC[C@]4(C)[C@@H]3CC[C@]12C. The van der Waals surface area contributed by atoms with Crippen molar-refractivity contribution in [2.75, 3.05) is 7.05 Å². The summed E-state index contributed by atoms with van der Waals surface area (Å²) in [7, 11) is 2.03. The Labute approximate surface area is 152 Å². The highest BCUT2D eigenvalue weighted by Crippen LogP contribution is 2.64. The largest absolute Gasteiger partial charge is 0.353 e. The topological polar surface area (TPSA) is 49.4 Å². The molecule has 0 spiro atoms. The summed E-state index contributed by atoms with van der Waals surface area (Å²) in [5.74, 6) is 2.73. The first-order chi connectivity index (χ1) is 11.8. The maximum Gasteiger partial charge on any atom is 0.222 e. The summed E-state index contributed by atoms with van der Waals surface area (Å²) < 4.78 is 0. The van der Waals surface area contributed by atoms with Crippen LogP contribution in [-0.4, -0.2) is 35.8 Å². The highest BCUT2D eigenvalue weighted by atomic mass is 16.2. The maximum atomic E-state index is 12.2. The van der Waals surface area contributed by atoms with Crippen LogP contribution in [0.15, 0.2) is 0 Å². The normalized spacial score (nSPS) is 49.2. The number of carbonyl (C=O) groups excluding carboxylic acids is 2. The average molecular weight is 347 g/mol. The summed E-state index contributed by atoms with van der Waals surface area (Å²) in [6, 6.07) is 0.795. The van der Waals surface area contributed by atoms with Crippen LogP contribution in [0.25, 0.3) is 0 Å². The van der Waals surface area contributed by atoms with Gasteiger partial charge in [0.05, 0.1) is 0 Å². The quantitative estimate of drug-likeness (QED) is 0.791. The minimum atomic E-state index is 0.122. The van der Waals surface area contributed by atoms with Gasteiger partial charge >= 0.3 is 0 Å².